The Kier molecular flexibility index (Phi) is 5.48. The van der Waals surface area contributed by atoms with Crippen LogP contribution < -0.4 is 10.2 Å². The molecule has 2 amide bonds. The maximum Gasteiger partial charge on any atom is 0.410 e. The number of hydrogen-bond acceptors (Lipinski definition) is 7. The fourth-order valence-electron chi connectivity index (χ4n) is 3.81. The van der Waals surface area contributed by atoms with Gasteiger partial charge in [-0.2, -0.15) is 4.98 Å². The zero-order valence-electron chi connectivity index (χ0n) is 16.0. The van der Waals surface area contributed by atoms with Gasteiger partial charge in [0.15, 0.2) is 5.82 Å². The second-order valence-electron chi connectivity index (χ2n) is 7.42. The van der Waals surface area contributed by atoms with Crippen molar-refractivity contribution in [1.29, 1.82) is 0 Å². The van der Waals surface area contributed by atoms with Gasteiger partial charge in [0, 0.05) is 37.5 Å². The van der Waals surface area contributed by atoms with E-state index in [1.54, 1.807) is 24.3 Å². The van der Waals surface area contributed by atoms with Crippen LogP contribution in [0.5, 0.6) is 0 Å². The van der Waals surface area contributed by atoms with E-state index in [1.165, 1.54) is 17.7 Å². The molecule has 2 aliphatic rings. The monoisotopic (exact) mass is 400 g/mol. The minimum Gasteiger partial charge on any atom is -0.407 e. The van der Waals surface area contributed by atoms with Gasteiger partial charge >= 0.3 is 6.09 Å². The van der Waals surface area contributed by atoms with Gasteiger partial charge in [-0.05, 0) is 25.0 Å². The van der Waals surface area contributed by atoms with E-state index >= 15 is 0 Å². The van der Waals surface area contributed by atoms with Crippen molar-refractivity contribution < 1.29 is 24.0 Å². The summed E-state index contributed by atoms with van der Waals surface area (Å²) in [5.41, 5.74) is 0.646. The number of anilines is 1. The van der Waals surface area contributed by atoms with Crippen molar-refractivity contribution in [2.24, 2.45) is 0 Å². The third-order valence-electron chi connectivity index (χ3n) is 5.39. The SMILES string of the molecule is O=C(NCCc1noc(C2CCCC2)n1)O[C@@]1(O)CCN(c2ccccc2)C1=O. The molecule has 9 heteroatoms. The van der Waals surface area contributed by atoms with Crippen molar-refractivity contribution in [3.63, 3.8) is 0 Å². The zero-order valence-corrected chi connectivity index (χ0v) is 16.0. The van der Waals surface area contributed by atoms with Crippen LogP contribution in [0.25, 0.3) is 0 Å². The Morgan fingerprint density at radius 3 is 2.83 bits per heavy atom. The molecule has 1 saturated carbocycles. The van der Waals surface area contributed by atoms with Crippen molar-refractivity contribution in [2.45, 2.75) is 50.2 Å². The molecule has 0 spiro atoms. The van der Waals surface area contributed by atoms with Gasteiger partial charge in [0.1, 0.15) is 0 Å². The van der Waals surface area contributed by atoms with Gasteiger partial charge in [-0.3, -0.25) is 4.79 Å². The molecule has 29 heavy (non-hydrogen) atoms. The van der Waals surface area contributed by atoms with Crippen LogP contribution in [0.3, 0.4) is 0 Å². The van der Waals surface area contributed by atoms with Crippen LogP contribution in [0, 0.1) is 0 Å². The Morgan fingerprint density at radius 2 is 2.07 bits per heavy atom. The van der Waals surface area contributed by atoms with Crippen molar-refractivity contribution in [3.05, 3.63) is 42.0 Å². The number of carbonyl (C=O) groups excluding carboxylic acids is 2. The summed E-state index contributed by atoms with van der Waals surface area (Å²) in [5.74, 6) is -1.31. The lowest BCUT2D eigenvalue weighted by molar-refractivity contribution is -0.175. The smallest absolute Gasteiger partial charge is 0.407 e. The molecule has 1 aliphatic heterocycles. The highest BCUT2D eigenvalue weighted by atomic mass is 16.7. The predicted molar refractivity (Wildman–Crippen MR) is 102 cm³/mol. The first-order valence-electron chi connectivity index (χ1n) is 9.94. The van der Waals surface area contributed by atoms with Crippen LogP contribution in [0.4, 0.5) is 10.5 Å². The van der Waals surface area contributed by atoms with Gasteiger partial charge in [0.25, 0.3) is 11.7 Å². The molecule has 1 aromatic carbocycles. The van der Waals surface area contributed by atoms with Crippen LogP contribution in [0.1, 0.15) is 49.7 Å². The molecule has 0 bridgehead atoms. The quantitative estimate of drug-likeness (QED) is 0.713. The summed E-state index contributed by atoms with van der Waals surface area (Å²) in [4.78, 5) is 30.4. The third kappa shape index (κ3) is 4.24. The summed E-state index contributed by atoms with van der Waals surface area (Å²) in [7, 11) is 0. The number of benzene rings is 1. The third-order valence-corrected chi connectivity index (χ3v) is 5.39. The first kappa shape index (κ1) is 19.4. The summed E-state index contributed by atoms with van der Waals surface area (Å²) >= 11 is 0. The van der Waals surface area contributed by atoms with E-state index in [1.807, 2.05) is 6.07 Å². The maximum absolute atomic E-state index is 12.5. The molecule has 1 atom stereocenters. The van der Waals surface area contributed by atoms with Crippen LogP contribution in [0.2, 0.25) is 0 Å². The Hall–Kier alpha value is -2.94. The van der Waals surface area contributed by atoms with Crippen LogP contribution >= 0.6 is 0 Å². The average Bonchev–Trinajstić information content (AvgIpc) is 3.45. The molecule has 0 unspecified atom stereocenters. The van der Waals surface area contributed by atoms with E-state index in [2.05, 4.69) is 15.5 Å². The van der Waals surface area contributed by atoms with Crippen molar-refractivity contribution in [1.82, 2.24) is 15.5 Å². The fraction of sp³-hybridized carbons (Fsp3) is 0.500. The molecule has 1 saturated heterocycles. The molecular formula is C20H24N4O5. The van der Waals surface area contributed by atoms with Crippen LogP contribution in [-0.4, -0.2) is 46.1 Å². The maximum atomic E-state index is 12.5. The summed E-state index contributed by atoms with van der Waals surface area (Å²) in [6, 6.07) is 8.94. The standard InChI is InChI=1S/C20H24N4O5/c25-18-20(27,11-13-24(18)15-8-2-1-3-9-15)28-19(26)21-12-10-16-22-17(29-23-16)14-6-4-5-7-14/h1-3,8-9,14,27H,4-7,10-13H2,(H,21,26)/t20-/m0/s1. The number of aliphatic hydroxyl groups is 1. The number of para-hydroxylation sites is 1. The molecule has 1 aromatic heterocycles. The normalized spacial score (nSPS) is 22.2. The van der Waals surface area contributed by atoms with E-state index in [0.29, 0.717) is 29.7 Å². The van der Waals surface area contributed by atoms with E-state index in [9.17, 15) is 14.7 Å². The fourth-order valence-corrected chi connectivity index (χ4v) is 3.81. The highest BCUT2D eigenvalue weighted by Gasteiger charge is 2.49. The van der Waals surface area contributed by atoms with Gasteiger partial charge in [-0.25, -0.2) is 4.79 Å². The predicted octanol–water partition coefficient (Wildman–Crippen LogP) is 2.12. The largest absolute Gasteiger partial charge is 0.410 e. The van der Waals surface area contributed by atoms with Crippen molar-refractivity contribution >= 4 is 17.7 Å². The topological polar surface area (TPSA) is 118 Å². The number of hydrogen-bond donors (Lipinski definition) is 2. The van der Waals surface area contributed by atoms with E-state index in [-0.39, 0.29) is 19.5 Å². The minimum atomic E-state index is -2.16. The molecule has 2 N–H and O–H groups in total. The number of amides is 2. The summed E-state index contributed by atoms with van der Waals surface area (Å²) < 4.78 is 10.3. The number of nitrogens with zero attached hydrogens (tertiary/aromatic N) is 3. The van der Waals surface area contributed by atoms with Gasteiger partial charge in [0.2, 0.25) is 5.89 Å². The van der Waals surface area contributed by atoms with Crippen LogP contribution in [-0.2, 0) is 16.0 Å². The lowest BCUT2D eigenvalue weighted by atomic mass is 10.1. The lowest BCUT2D eigenvalue weighted by Gasteiger charge is -2.22. The number of aromatic nitrogens is 2. The van der Waals surface area contributed by atoms with E-state index in [4.69, 9.17) is 9.26 Å². The second kappa shape index (κ2) is 8.20. The molecule has 0 radical (unpaired) electrons. The summed E-state index contributed by atoms with van der Waals surface area (Å²) in [6.45, 7) is 0.467. The molecule has 1 aliphatic carbocycles. The highest BCUT2D eigenvalue weighted by Crippen LogP contribution is 2.33. The first-order chi connectivity index (χ1) is 14.0. The molecule has 2 heterocycles. The number of carbonyl (C=O) groups is 2. The highest BCUT2D eigenvalue weighted by molar-refractivity contribution is 6.01. The Morgan fingerprint density at radius 1 is 1.31 bits per heavy atom. The zero-order chi connectivity index (χ0) is 20.3. The van der Waals surface area contributed by atoms with Gasteiger partial charge < -0.3 is 24.6 Å². The Bertz CT molecular complexity index is 865. The summed E-state index contributed by atoms with van der Waals surface area (Å²) in [6.07, 6.45) is 4.00. The summed E-state index contributed by atoms with van der Waals surface area (Å²) in [5, 5.41) is 17.0. The van der Waals surface area contributed by atoms with E-state index < -0.39 is 17.8 Å². The molecule has 9 nitrogen and oxygen atoms in total. The second-order valence-corrected chi connectivity index (χ2v) is 7.42. The van der Waals surface area contributed by atoms with Gasteiger partial charge in [-0.15, -0.1) is 0 Å². The first-order valence-corrected chi connectivity index (χ1v) is 9.94. The Labute approximate surface area is 168 Å². The molecule has 154 valence electrons. The van der Waals surface area contributed by atoms with Gasteiger partial charge in [-0.1, -0.05) is 36.2 Å². The Balaban J connectivity index is 1.26. The number of nitrogens with one attached hydrogen (secondary N) is 1. The van der Waals surface area contributed by atoms with E-state index in [0.717, 1.165) is 12.8 Å². The van der Waals surface area contributed by atoms with Crippen molar-refractivity contribution in [2.75, 3.05) is 18.0 Å². The van der Waals surface area contributed by atoms with Crippen molar-refractivity contribution in [3.8, 4) is 0 Å². The van der Waals surface area contributed by atoms with Gasteiger partial charge in [0.05, 0.1) is 0 Å². The number of rotatable bonds is 6. The molecule has 4 rings (SSSR count). The minimum absolute atomic E-state index is 0.00371. The molecule has 2 aromatic rings. The lowest BCUT2D eigenvalue weighted by Crippen LogP contribution is -2.46. The van der Waals surface area contributed by atoms with Crippen LogP contribution in [0.15, 0.2) is 34.9 Å². The molecule has 2 fully saturated rings. The molecular weight excluding hydrogens is 376 g/mol. The number of ether oxygens (including phenoxy) is 1. The average molecular weight is 400 g/mol. The number of alkyl carbamates (subject to hydrolysis) is 1.